The summed E-state index contributed by atoms with van der Waals surface area (Å²) in [7, 11) is 0. The molecule has 1 saturated carbocycles. The number of alkyl halides is 3. The van der Waals surface area contributed by atoms with E-state index in [-0.39, 0.29) is 23.7 Å². The number of ether oxygens (including phenoxy) is 1. The first-order valence-electron chi connectivity index (χ1n) is 10.2. The zero-order valence-electron chi connectivity index (χ0n) is 16.8. The molecule has 1 aliphatic carbocycles. The number of hydrogen-bond acceptors (Lipinski definition) is 4. The van der Waals surface area contributed by atoms with Crippen LogP contribution in [-0.2, 0) is 4.79 Å². The summed E-state index contributed by atoms with van der Waals surface area (Å²) >= 11 is 0. The summed E-state index contributed by atoms with van der Waals surface area (Å²) in [6.07, 6.45) is -1.37. The van der Waals surface area contributed by atoms with E-state index in [9.17, 15) is 23.1 Å². The van der Waals surface area contributed by atoms with E-state index in [1.807, 2.05) is 13.8 Å². The quantitative estimate of drug-likeness (QED) is 0.791. The number of aliphatic hydroxyl groups is 1. The van der Waals surface area contributed by atoms with Gasteiger partial charge in [-0.05, 0) is 44.4 Å². The van der Waals surface area contributed by atoms with Gasteiger partial charge in [0.25, 0.3) is 0 Å². The number of hydrogen-bond donors (Lipinski definition) is 2. The number of piperazine rings is 1. The van der Waals surface area contributed by atoms with Crippen molar-refractivity contribution in [2.24, 2.45) is 0 Å². The van der Waals surface area contributed by atoms with Crippen molar-refractivity contribution in [2.45, 2.75) is 75.9 Å². The zero-order valence-corrected chi connectivity index (χ0v) is 16.8. The number of amides is 1. The van der Waals surface area contributed by atoms with Crippen LogP contribution in [0.1, 0.15) is 57.4 Å². The van der Waals surface area contributed by atoms with Crippen LogP contribution in [0.15, 0.2) is 24.3 Å². The molecule has 2 N–H and O–H groups in total. The molecule has 8 heteroatoms. The van der Waals surface area contributed by atoms with Crippen LogP contribution >= 0.6 is 0 Å². The van der Waals surface area contributed by atoms with Crippen LogP contribution in [0.5, 0.6) is 5.75 Å². The summed E-state index contributed by atoms with van der Waals surface area (Å²) in [5, 5.41) is 14.8. The molecule has 0 spiro atoms. The highest BCUT2D eigenvalue weighted by Crippen LogP contribution is 2.42. The highest BCUT2D eigenvalue weighted by Gasteiger charge is 2.45. The number of carbonyl (C=O) groups is 1. The van der Waals surface area contributed by atoms with E-state index in [4.69, 9.17) is 0 Å². The van der Waals surface area contributed by atoms with Gasteiger partial charge in [0.2, 0.25) is 5.91 Å². The van der Waals surface area contributed by atoms with E-state index in [1.165, 1.54) is 18.2 Å². The molecule has 1 heterocycles. The maximum atomic E-state index is 13.6. The van der Waals surface area contributed by atoms with Crippen LogP contribution in [0, 0.1) is 0 Å². The van der Waals surface area contributed by atoms with Crippen molar-refractivity contribution in [3.63, 3.8) is 0 Å². The van der Waals surface area contributed by atoms with Crippen molar-refractivity contribution in [2.75, 3.05) is 13.1 Å². The summed E-state index contributed by atoms with van der Waals surface area (Å²) in [6, 6.07) is 5.68. The summed E-state index contributed by atoms with van der Waals surface area (Å²) in [5.41, 5.74) is -0.913. The largest absolute Gasteiger partial charge is 0.573 e. The maximum Gasteiger partial charge on any atom is 0.573 e. The number of halogens is 3. The predicted molar refractivity (Wildman–Crippen MR) is 103 cm³/mol. The monoisotopic (exact) mass is 414 g/mol. The second-order valence-electron chi connectivity index (χ2n) is 8.43. The summed E-state index contributed by atoms with van der Waals surface area (Å²) in [5.74, 6) is -1.54. The first-order valence-corrected chi connectivity index (χ1v) is 10.2. The van der Waals surface area contributed by atoms with Gasteiger partial charge in [-0.15, -0.1) is 13.2 Å². The van der Waals surface area contributed by atoms with E-state index in [0.29, 0.717) is 31.5 Å². The highest BCUT2D eigenvalue weighted by molar-refractivity contribution is 5.85. The molecule has 29 heavy (non-hydrogen) atoms. The lowest BCUT2D eigenvalue weighted by Gasteiger charge is -2.43. The SMILES string of the molecule is CC1CN(C(=O)C(c2cccc(OC(F)(F)F)c2)C2(O)CCCCC2)CC(C)N1. The topological polar surface area (TPSA) is 61.8 Å². The Balaban J connectivity index is 1.95. The minimum Gasteiger partial charge on any atom is -0.406 e. The minimum absolute atomic E-state index is 0.101. The smallest absolute Gasteiger partial charge is 0.406 e. The Hall–Kier alpha value is -1.80. The Labute approximate surface area is 169 Å². The molecule has 3 unspecified atom stereocenters. The van der Waals surface area contributed by atoms with Crippen molar-refractivity contribution < 1.29 is 27.8 Å². The van der Waals surface area contributed by atoms with Crippen LogP contribution in [0.4, 0.5) is 13.2 Å². The highest BCUT2D eigenvalue weighted by atomic mass is 19.4. The molecule has 1 amide bonds. The van der Waals surface area contributed by atoms with Crippen molar-refractivity contribution >= 4 is 5.91 Å². The van der Waals surface area contributed by atoms with E-state index < -0.39 is 17.9 Å². The number of nitrogens with zero attached hydrogens (tertiary/aromatic N) is 1. The van der Waals surface area contributed by atoms with Crippen LogP contribution in [0.3, 0.4) is 0 Å². The number of carbonyl (C=O) groups excluding carboxylic acids is 1. The molecule has 1 saturated heterocycles. The molecular formula is C21H29F3N2O3. The third-order valence-corrected chi connectivity index (χ3v) is 5.80. The fraction of sp³-hybridized carbons (Fsp3) is 0.667. The first-order chi connectivity index (χ1) is 13.6. The third-order valence-electron chi connectivity index (χ3n) is 5.80. The van der Waals surface area contributed by atoms with E-state index >= 15 is 0 Å². The van der Waals surface area contributed by atoms with Crippen molar-refractivity contribution in [1.82, 2.24) is 10.2 Å². The molecule has 0 radical (unpaired) electrons. The molecule has 1 aromatic carbocycles. The van der Waals surface area contributed by atoms with Gasteiger partial charge in [0.15, 0.2) is 0 Å². The maximum absolute atomic E-state index is 13.6. The van der Waals surface area contributed by atoms with Crippen LogP contribution < -0.4 is 10.1 Å². The van der Waals surface area contributed by atoms with Crippen LogP contribution in [-0.4, -0.2) is 53.1 Å². The molecule has 162 valence electrons. The number of benzene rings is 1. The van der Waals surface area contributed by atoms with E-state index in [0.717, 1.165) is 19.3 Å². The molecule has 0 bridgehead atoms. The molecule has 3 rings (SSSR count). The van der Waals surface area contributed by atoms with Crippen molar-refractivity contribution in [3.05, 3.63) is 29.8 Å². The number of rotatable bonds is 4. The molecule has 1 aromatic rings. The molecule has 1 aliphatic heterocycles. The lowest BCUT2D eigenvalue weighted by atomic mass is 9.72. The third kappa shape index (κ3) is 5.42. The van der Waals surface area contributed by atoms with Gasteiger partial charge < -0.3 is 20.1 Å². The Bertz CT molecular complexity index is 709. The van der Waals surface area contributed by atoms with E-state index in [2.05, 4.69) is 10.1 Å². The van der Waals surface area contributed by atoms with Crippen molar-refractivity contribution in [1.29, 1.82) is 0 Å². The molecule has 2 aliphatic rings. The Morgan fingerprint density at radius 3 is 2.41 bits per heavy atom. The molecule has 5 nitrogen and oxygen atoms in total. The second-order valence-corrected chi connectivity index (χ2v) is 8.43. The summed E-state index contributed by atoms with van der Waals surface area (Å²) in [4.78, 5) is 15.3. The Morgan fingerprint density at radius 2 is 1.83 bits per heavy atom. The lowest BCUT2D eigenvalue weighted by Crippen LogP contribution is -2.58. The van der Waals surface area contributed by atoms with Gasteiger partial charge in [0.05, 0.1) is 11.5 Å². The van der Waals surface area contributed by atoms with Gasteiger partial charge in [0.1, 0.15) is 5.75 Å². The molecule has 3 atom stereocenters. The fourth-order valence-electron chi connectivity index (χ4n) is 4.72. The average Bonchev–Trinajstić information content (AvgIpc) is 2.60. The van der Waals surface area contributed by atoms with Crippen LogP contribution in [0.25, 0.3) is 0 Å². The van der Waals surface area contributed by atoms with Crippen LogP contribution in [0.2, 0.25) is 0 Å². The van der Waals surface area contributed by atoms with Gasteiger partial charge in [-0.2, -0.15) is 0 Å². The fourth-order valence-corrected chi connectivity index (χ4v) is 4.72. The normalized spacial score (nSPS) is 26.1. The Morgan fingerprint density at radius 1 is 1.21 bits per heavy atom. The second kappa shape index (κ2) is 8.52. The first kappa shape index (κ1) is 21.9. The molecule has 0 aromatic heterocycles. The predicted octanol–water partition coefficient (Wildman–Crippen LogP) is 3.57. The minimum atomic E-state index is -4.82. The van der Waals surface area contributed by atoms with Gasteiger partial charge in [-0.25, -0.2) is 0 Å². The standard InChI is InChI=1S/C21H29F3N2O3/c1-14-12-26(13-15(2)25-14)19(27)18(20(28)9-4-3-5-10-20)16-7-6-8-17(11-16)29-21(22,23)24/h6-8,11,14-15,18,25,28H,3-5,9-10,12-13H2,1-2H3. The summed E-state index contributed by atoms with van der Waals surface area (Å²) < 4.78 is 42.1. The Kier molecular flexibility index (Phi) is 6.43. The van der Waals surface area contributed by atoms with Gasteiger partial charge in [0, 0.05) is 25.2 Å². The number of nitrogens with one attached hydrogen (secondary N) is 1. The van der Waals surface area contributed by atoms with E-state index in [1.54, 1.807) is 11.0 Å². The lowest BCUT2D eigenvalue weighted by molar-refractivity contribution is -0.274. The van der Waals surface area contributed by atoms with Crippen molar-refractivity contribution in [3.8, 4) is 5.75 Å². The van der Waals surface area contributed by atoms with Gasteiger partial charge >= 0.3 is 6.36 Å². The zero-order chi connectivity index (χ0) is 21.2. The molecule has 2 fully saturated rings. The molecular weight excluding hydrogens is 385 g/mol. The average molecular weight is 414 g/mol. The van der Waals surface area contributed by atoms with Gasteiger partial charge in [-0.3, -0.25) is 4.79 Å². The van der Waals surface area contributed by atoms with Gasteiger partial charge in [-0.1, -0.05) is 31.4 Å². The summed E-state index contributed by atoms with van der Waals surface area (Å²) in [6.45, 7) is 4.96.